The molecule has 1 rings (SSSR count). The lowest BCUT2D eigenvalue weighted by Crippen LogP contribution is -2.45. The number of hydrogen-bond donors (Lipinski definition) is 2. The molecule has 1 aromatic rings. The Morgan fingerprint density at radius 2 is 2.25 bits per heavy atom. The molecule has 5 nitrogen and oxygen atoms in total. The van der Waals surface area contributed by atoms with Gasteiger partial charge in [-0.05, 0) is 32.4 Å². The fourth-order valence-corrected chi connectivity index (χ4v) is 1.15. The number of carbonyl (C=O) groups is 1. The topological polar surface area (TPSA) is 91.8 Å². The number of carbonyl (C=O) groups excluding carboxylic acids is 1. The molecule has 1 amide bonds. The van der Waals surface area contributed by atoms with Crippen LogP contribution >= 0.6 is 0 Å². The van der Waals surface area contributed by atoms with E-state index < -0.39 is 11.4 Å². The van der Waals surface area contributed by atoms with E-state index in [0.717, 1.165) is 5.56 Å². The Morgan fingerprint density at radius 1 is 1.62 bits per heavy atom. The maximum Gasteiger partial charge on any atom is 0.242 e. The van der Waals surface area contributed by atoms with Crippen LogP contribution in [-0.2, 0) is 4.79 Å². The first-order chi connectivity index (χ1) is 7.38. The molecule has 0 saturated carbocycles. The lowest BCUT2D eigenvalue weighted by Gasteiger charge is -2.23. The van der Waals surface area contributed by atoms with Crippen LogP contribution in [0.4, 0.5) is 5.82 Å². The number of rotatable bonds is 3. The maximum atomic E-state index is 11.2. The Bertz CT molecular complexity index is 460. The second kappa shape index (κ2) is 4.19. The molecule has 0 aliphatic rings. The van der Waals surface area contributed by atoms with Crippen molar-refractivity contribution in [2.24, 2.45) is 5.73 Å². The van der Waals surface area contributed by atoms with E-state index >= 15 is 0 Å². The van der Waals surface area contributed by atoms with Gasteiger partial charge in [0.15, 0.2) is 0 Å². The second-order valence-electron chi connectivity index (χ2n) is 4.08. The number of nitrogens with one attached hydrogen (secondary N) is 1. The molecule has 3 N–H and O–H groups in total. The fourth-order valence-electron chi connectivity index (χ4n) is 1.15. The van der Waals surface area contributed by atoms with E-state index in [9.17, 15) is 4.79 Å². The average Bonchev–Trinajstić information content (AvgIpc) is 2.17. The summed E-state index contributed by atoms with van der Waals surface area (Å²) in [5, 5.41) is 11.9. The van der Waals surface area contributed by atoms with E-state index in [-0.39, 0.29) is 0 Å². The van der Waals surface area contributed by atoms with Crippen LogP contribution < -0.4 is 11.1 Å². The van der Waals surface area contributed by atoms with Crippen molar-refractivity contribution in [1.29, 1.82) is 5.26 Å². The zero-order valence-electron chi connectivity index (χ0n) is 9.53. The summed E-state index contributed by atoms with van der Waals surface area (Å²) in [6.07, 6.45) is 1.58. The molecule has 0 unspecified atom stereocenters. The van der Waals surface area contributed by atoms with Crippen molar-refractivity contribution in [2.75, 3.05) is 5.32 Å². The summed E-state index contributed by atoms with van der Waals surface area (Å²) < 4.78 is 0. The number of aromatic nitrogens is 1. The summed E-state index contributed by atoms with van der Waals surface area (Å²) in [6, 6.07) is 3.79. The van der Waals surface area contributed by atoms with Crippen molar-refractivity contribution < 1.29 is 4.79 Å². The van der Waals surface area contributed by atoms with E-state index in [2.05, 4.69) is 10.3 Å². The zero-order valence-corrected chi connectivity index (χ0v) is 9.53. The minimum Gasteiger partial charge on any atom is -0.368 e. The summed E-state index contributed by atoms with van der Waals surface area (Å²) in [5.74, 6) is -0.119. The fraction of sp³-hybridized carbons (Fsp3) is 0.364. The Hall–Kier alpha value is -2.09. The minimum atomic E-state index is -0.938. The van der Waals surface area contributed by atoms with E-state index in [0.29, 0.717) is 11.4 Å². The van der Waals surface area contributed by atoms with Gasteiger partial charge >= 0.3 is 0 Å². The summed E-state index contributed by atoms with van der Waals surface area (Å²) in [5.41, 5.74) is 5.53. The molecule has 0 atom stereocenters. The van der Waals surface area contributed by atoms with Crippen molar-refractivity contribution in [3.8, 4) is 6.07 Å². The summed E-state index contributed by atoms with van der Waals surface area (Å²) in [7, 11) is 0. The predicted molar refractivity (Wildman–Crippen MR) is 60.6 cm³/mol. The van der Waals surface area contributed by atoms with Gasteiger partial charge < -0.3 is 11.1 Å². The number of nitriles is 1. The van der Waals surface area contributed by atoms with Gasteiger partial charge in [0, 0.05) is 6.20 Å². The lowest BCUT2D eigenvalue weighted by atomic mass is 10.0. The van der Waals surface area contributed by atoms with Crippen molar-refractivity contribution in [1.82, 2.24) is 4.98 Å². The molecule has 84 valence electrons. The van der Waals surface area contributed by atoms with Crippen molar-refractivity contribution in [3.63, 3.8) is 0 Å². The molecule has 0 radical (unpaired) electrons. The lowest BCUT2D eigenvalue weighted by molar-refractivity contribution is -0.121. The van der Waals surface area contributed by atoms with Gasteiger partial charge in [-0.15, -0.1) is 0 Å². The Balaban J connectivity index is 3.13. The third-order valence-corrected chi connectivity index (χ3v) is 2.32. The van der Waals surface area contributed by atoms with Gasteiger partial charge in [0.1, 0.15) is 17.4 Å². The SMILES string of the molecule is Cc1ccnc(NC(C)(C)C(N)=O)c1C#N. The number of nitrogens with zero attached hydrogens (tertiary/aromatic N) is 2. The van der Waals surface area contributed by atoms with Crippen molar-refractivity contribution >= 4 is 11.7 Å². The van der Waals surface area contributed by atoms with E-state index in [4.69, 9.17) is 11.0 Å². The molecule has 16 heavy (non-hydrogen) atoms. The van der Waals surface area contributed by atoms with Gasteiger partial charge in [-0.1, -0.05) is 0 Å². The monoisotopic (exact) mass is 218 g/mol. The molecule has 0 spiro atoms. The molecule has 5 heteroatoms. The largest absolute Gasteiger partial charge is 0.368 e. The summed E-state index contributed by atoms with van der Waals surface area (Å²) in [6.45, 7) is 5.09. The average molecular weight is 218 g/mol. The van der Waals surface area contributed by atoms with Crippen LogP contribution in [0.5, 0.6) is 0 Å². The smallest absolute Gasteiger partial charge is 0.242 e. The van der Waals surface area contributed by atoms with Crippen LogP contribution in [0, 0.1) is 18.3 Å². The molecule has 0 aliphatic carbocycles. The first-order valence-electron chi connectivity index (χ1n) is 4.82. The van der Waals surface area contributed by atoms with Crippen LogP contribution in [0.3, 0.4) is 0 Å². The summed E-state index contributed by atoms with van der Waals surface area (Å²) in [4.78, 5) is 15.2. The second-order valence-corrected chi connectivity index (χ2v) is 4.08. The zero-order chi connectivity index (χ0) is 12.3. The minimum absolute atomic E-state index is 0.381. The highest BCUT2D eigenvalue weighted by atomic mass is 16.1. The van der Waals surface area contributed by atoms with E-state index in [1.54, 1.807) is 26.1 Å². The van der Waals surface area contributed by atoms with Crippen molar-refractivity contribution in [2.45, 2.75) is 26.3 Å². The Labute approximate surface area is 94.3 Å². The van der Waals surface area contributed by atoms with Crippen LogP contribution in [0.15, 0.2) is 12.3 Å². The molecule has 0 saturated heterocycles. The standard InChI is InChI=1S/C11H14N4O/c1-7-4-5-14-9(8(7)6-12)15-11(2,3)10(13)16/h4-5H,1-3H3,(H2,13,16)(H,14,15). The quantitative estimate of drug-likeness (QED) is 0.789. The van der Waals surface area contributed by atoms with Crippen LogP contribution in [0.2, 0.25) is 0 Å². The number of hydrogen-bond acceptors (Lipinski definition) is 4. The van der Waals surface area contributed by atoms with Gasteiger partial charge in [0.05, 0.1) is 5.56 Å². The van der Waals surface area contributed by atoms with Crippen LogP contribution in [0.1, 0.15) is 25.0 Å². The van der Waals surface area contributed by atoms with Crippen LogP contribution in [-0.4, -0.2) is 16.4 Å². The number of amides is 1. The van der Waals surface area contributed by atoms with Gasteiger partial charge in [0.2, 0.25) is 5.91 Å². The molecular formula is C11H14N4O. The van der Waals surface area contributed by atoms with Crippen LogP contribution in [0.25, 0.3) is 0 Å². The van der Waals surface area contributed by atoms with E-state index in [1.165, 1.54) is 0 Å². The highest BCUT2D eigenvalue weighted by Crippen LogP contribution is 2.19. The number of primary amides is 1. The van der Waals surface area contributed by atoms with Gasteiger partial charge in [-0.2, -0.15) is 5.26 Å². The number of aryl methyl sites for hydroxylation is 1. The molecule has 0 fully saturated rings. The first-order valence-corrected chi connectivity index (χ1v) is 4.82. The number of pyridine rings is 1. The third kappa shape index (κ3) is 2.28. The number of nitrogens with two attached hydrogens (primary N) is 1. The molecule has 0 bridgehead atoms. The number of anilines is 1. The molecular weight excluding hydrogens is 204 g/mol. The Morgan fingerprint density at radius 3 is 2.75 bits per heavy atom. The first kappa shape index (κ1) is 12.0. The highest BCUT2D eigenvalue weighted by molar-refractivity contribution is 5.87. The van der Waals surface area contributed by atoms with Gasteiger partial charge in [-0.3, -0.25) is 4.79 Å². The molecule has 0 aromatic carbocycles. The van der Waals surface area contributed by atoms with E-state index in [1.807, 2.05) is 13.0 Å². The van der Waals surface area contributed by atoms with Crippen molar-refractivity contribution in [3.05, 3.63) is 23.4 Å². The molecule has 1 aromatic heterocycles. The molecule has 0 aliphatic heterocycles. The Kier molecular flexibility index (Phi) is 3.14. The molecule has 1 heterocycles. The maximum absolute atomic E-state index is 11.2. The highest BCUT2D eigenvalue weighted by Gasteiger charge is 2.26. The normalized spacial score (nSPS) is 10.6. The summed E-state index contributed by atoms with van der Waals surface area (Å²) >= 11 is 0. The van der Waals surface area contributed by atoms with Gasteiger partial charge in [0.25, 0.3) is 0 Å². The van der Waals surface area contributed by atoms with Gasteiger partial charge in [-0.25, -0.2) is 4.98 Å². The predicted octanol–water partition coefficient (Wildman–Crippen LogP) is 0.938. The third-order valence-electron chi connectivity index (χ3n) is 2.32.